The minimum Gasteiger partial charge on any atom is -0.481 e. The van der Waals surface area contributed by atoms with Crippen molar-refractivity contribution in [3.63, 3.8) is 0 Å². The monoisotopic (exact) mass is 246 g/mol. The standard InChI is InChI=1S/C11H22N2O4/c1-8(2)9(11(15)16)6-13-10(14)7-12-4-5-17-3/h8-9,12H,4-7H2,1-3H3,(H,13,14)(H,15,16). The molecule has 3 N–H and O–H groups in total. The first-order valence-corrected chi connectivity index (χ1v) is 5.68. The fraction of sp³-hybridized carbons (Fsp3) is 0.818. The molecule has 0 aliphatic rings. The molecule has 0 rings (SSSR count). The highest BCUT2D eigenvalue weighted by Crippen LogP contribution is 2.09. The molecule has 0 spiro atoms. The van der Waals surface area contributed by atoms with Crippen LogP contribution in [0.1, 0.15) is 13.8 Å². The Hall–Kier alpha value is -1.14. The Labute approximate surface area is 102 Å². The maximum Gasteiger partial charge on any atom is 0.308 e. The van der Waals surface area contributed by atoms with Crippen molar-refractivity contribution in [3.05, 3.63) is 0 Å². The first kappa shape index (κ1) is 15.9. The lowest BCUT2D eigenvalue weighted by molar-refractivity contribution is -0.143. The number of nitrogens with one attached hydrogen (secondary N) is 2. The Morgan fingerprint density at radius 2 is 2.00 bits per heavy atom. The molecule has 0 aromatic rings. The second-order valence-corrected chi connectivity index (χ2v) is 4.16. The minimum atomic E-state index is -0.882. The fourth-order valence-electron chi connectivity index (χ4n) is 1.27. The Kier molecular flexibility index (Phi) is 8.35. The van der Waals surface area contributed by atoms with E-state index < -0.39 is 11.9 Å². The topological polar surface area (TPSA) is 87.7 Å². The van der Waals surface area contributed by atoms with E-state index in [9.17, 15) is 9.59 Å². The Morgan fingerprint density at radius 3 is 2.47 bits per heavy atom. The number of carboxylic acid groups (broad SMARTS) is 1. The van der Waals surface area contributed by atoms with Crippen molar-refractivity contribution in [1.82, 2.24) is 10.6 Å². The molecule has 6 heteroatoms. The van der Waals surface area contributed by atoms with Crippen LogP contribution in [-0.4, -0.2) is 50.3 Å². The Balaban J connectivity index is 3.77. The van der Waals surface area contributed by atoms with Gasteiger partial charge in [0.2, 0.25) is 5.91 Å². The molecule has 0 aliphatic heterocycles. The van der Waals surface area contributed by atoms with Gasteiger partial charge in [-0.1, -0.05) is 13.8 Å². The molecule has 0 saturated heterocycles. The molecule has 0 heterocycles. The Morgan fingerprint density at radius 1 is 1.35 bits per heavy atom. The highest BCUT2D eigenvalue weighted by molar-refractivity contribution is 5.79. The molecule has 17 heavy (non-hydrogen) atoms. The number of hydrogen-bond donors (Lipinski definition) is 3. The normalized spacial score (nSPS) is 12.5. The van der Waals surface area contributed by atoms with E-state index in [1.54, 1.807) is 7.11 Å². The van der Waals surface area contributed by atoms with Crippen molar-refractivity contribution in [2.45, 2.75) is 13.8 Å². The van der Waals surface area contributed by atoms with Gasteiger partial charge >= 0.3 is 5.97 Å². The van der Waals surface area contributed by atoms with Gasteiger partial charge in [-0.25, -0.2) is 0 Å². The average Bonchev–Trinajstić information content (AvgIpc) is 2.23. The summed E-state index contributed by atoms with van der Waals surface area (Å²) in [6.45, 7) is 5.11. The summed E-state index contributed by atoms with van der Waals surface area (Å²) >= 11 is 0. The highest BCUT2D eigenvalue weighted by atomic mass is 16.5. The molecule has 0 bridgehead atoms. The molecular formula is C11H22N2O4. The molecule has 1 atom stereocenters. The van der Waals surface area contributed by atoms with Gasteiger partial charge in [-0.2, -0.15) is 0 Å². The van der Waals surface area contributed by atoms with Crippen LogP contribution in [0.25, 0.3) is 0 Å². The fourth-order valence-corrected chi connectivity index (χ4v) is 1.27. The van der Waals surface area contributed by atoms with Gasteiger partial charge in [0.15, 0.2) is 0 Å². The van der Waals surface area contributed by atoms with E-state index in [4.69, 9.17) is 9.84 Å². The van der Waals surface area contributed by atoms with E-state index >= 15 is 0 Å². The zero-order valence-corrected chi connectivity index (χ0v) is 10.7. The van der Waals surface area contributed by atoms with E-state index in [1.165, 1.54) is 0 Å². The lowest BCUT2D eigenvalue weighted by atomic mass is 9.96. The van der Waals surface area contributed by atoms with E-state index in [1.807, 2.05) is 13.8 Å². The number of hydrogen-bond acceptors (Lipinski definition) is 4. The first-order chi connectivity index (χ1) is 7.99. The molecule has 0 aromatic carbocycles. The number of carbonyl (C=O) groups is 2. The summed E-state index contributed by atoms with van der Waals surface area (Å²) < 4.78 is 4.81. The van der Waals surface area contributed by atoms with Gasteiger partial charge in [0.1, 0.15) is 0 Å². The van der Waals surface area contributed by atoms with Gasteiger partial charge < -0.3 is 20.5 Å². The zero-order chi connectivity index (χ0) is 13.3. The molecule has 100 valence electrons. The van der Waals surface area contributed by atoms with Crippen LogP contribution in [0, 0.1) is 11.8 Å². The maximum absolute atomic E-state index is 11.3. The molecular weight excluding hydrogens is 224 g/mol. The molecule has 0 aromatic heterocycles. The number of amides is 1. The number of methoxy groups -OCH3 is 1. The Bertz CT molecular complexity index is 244. The average molecular weight is 246 g/mol. The number of rotatable bonds is 9. The first-order valence-electron chi connectivity index (χ1n) is 5.68. The molecule has 0 saturated carbocycles. The van der Waals surface area contributed by atoms with E-state index in [-0.39, 0.29) is 24.9 Å². The van der Waals surface area contributed by atoms with Gasteiger partial charge in [0.05, 0.1) is 19.1 Å². The highest BCUT2D eigenvalue weighted by Gasteiger charge is 2.21. The smallest absolute Gasteiger partial charge is 0.308 e. The summed E-state index contributed by atoms with van der Waals surface area (Å²) in [6.07, 6.45) is 0. The van der Waals surface area contributed by atoms with Crippen LogP contribution in [0.5, 0.6) is 0 Å². The van der Waals surface area contributed by atoms with Crippen LogP contribution in [0.3, 0.4) is 0 Å². The third kappa shape index (κ3) is 7.70. The van der Waals surface area contributed by atoms with E-state index in [0.29, 0.717) is 13.2 Å². The number of carbonyl (C=O) groups excluding carboxylic acids is 1. The van der Waals surface area contributed by atoms with Crippen molar-refractivity contribution >= 4 is 11.9 Å². The van der Waals surface area contributed by atoms with Crippen LogP contribution >= 0.6 is 0 Å². The summed E-state index contributed by atoms with van der Waals surface area (Å²) in [5.41, 5.74) is 0. The largest absolute Gasteiger partial charge is 0.481 e. The predicted molar refractivity (Wildman–Crippen MR) is 63.7 cm³/mol. The van der Waals surface area contributed by atoms with Gasteiger partial charge in [0, 0.05) is 20.2 Å². The maximum atomic E-state index is 11.3. The SMILES string of the molecule is COCCNCC(=O)NCC(C(=O)O)C(C)C. The minimum absolute atomic E-state index is 0.00532. The summed E-state index contributed by atoms with van der Waals surface area (Å²) in [5, 5.41) is 14.4. The quantitative estimate of drug-likeness (QED) is 0.486. The molecule has 0 aliphatic carbocycles. The molecule has 0 radical (unpaired) electrons. The molecule has 6 nitrogen and oxygen atoms in total. The predicted octanol–water partition coefficient (Wildman–Crippen LogP) is -0.305. The third-order valence-corrected chi connectivity index (χ3v) is 2.41. The van der Waals surface area contributed by atoms with E-state index in [0.717, 1.165) is 0 Å². The summed E-state index contributed by atoms with van der Waals surface area (Å²) in [5.74, 6) is -1.63. The van der Waals surface area contributed by atoms with Gasteiger partial charge in [0.25, 0.3) is 0 Å². The lowest BCUT2D eigenvalue weighted by Gasteiger charge is -2.16. The summed E-state index contributed by atoms with van der Waals surface area (Å²) in [4.78, 5) is 22.2. The van der Waals surface area contributed by atoms with Crippen molar-refractivity contribution in [1.29, 1.82) is 0 Å². The lowest BCUT2D eigenvalue weighted by Crippen LogP contribution is -2.40. The number of ether oxygens (including phenoxy) is 1. The van der Waals surface area contributed by atoms with Crippen LogP contribution in [0.4, 0.5) is 0 Å². The van der Waals surface area contributed by atoms with Crippen LogP contribution in [0.15, 0.2) is 0 Å². The van der Waals surface area contributed by atoms with Crippen molar-refractivity contribution in [3.8, 4) is 0 Å². The zero-order valence-electron chi connectivity index (χ0n) is 10.7. The second-order valence-electron chi connectivity index (χ2n) is 4.16. The molecule has 1 unspecified atom stereocenters. The van der Waals surface area contributed by atoms with Crippen LogP contribution in [-0.2, 0) is 14.3 Å². The summed E-state index contributed by atoms with van der Waals surface area (Å²) in [6, 6.07) is 0. The summed E-state index contributed by atoms with van der Waals surface area (Å²) in [7, 11) is 1.59. The molecule has 1 amide bonds. The van der Waals surface area contributed by atoms with Crippen molar-refractivity contribution in [2.24, 2.45) is 11.8 Å². The van der Waals surface area contributed by atoms with Crippen LogP contribution < -0.4 is 10.6 Å². The van der Waals surface area contributed by atoms with Crippen molar-refractivity contribution in [2.75, 3.05) is 33.4 Å². The van der Waals surface area contributed by atoms with E-state index in [2.05, 4.69) is 10.6 Å². The molecule has 0 fully saturated rings. The van der Waals surface area contributed by atoms with Crippen LogP contribution in [0.2, 0.25) is 0 Å². The second kappa shape index (κ2) is 8.95. The van der Waals surface area contributed by atoms with Crippen molar-refractivity contribution < 1.29 is 19.4 Å². The van der Waals surface area contributed by atoms with Gasteiger partial charge in [-0.3, -0.25) is 9.59 Å². The third-order valence-electron chi connectivity index (χ3n) is 2.41. The van der Waals surface area contributed by atoms with Gasteiger partial charge in [-0.15, -0.1) is 0 Å². The number of carboxylic acids is 1. The van der Waals surface area contributed by atoms with Gasteiger partial charge in [-0.05, 0) is 5.92 Å². The number of aliphatic carboxylic acids is 1.